The van der Waals surface area contributed by atoms with Crippen LogP contribution in [0, 0.1) is 11.6 Å². The molecule has 0 saturated heterocycles. The van der Waals surface area contributed by atoms with Crippen molar-refractivity contribution in [3.63, 3.8) is 0 Å². The van der Waals surface area contributed by atoms with Gasteiger partial charge in [0.25, 0.3) is 5.91 Å². The molecule has 0 spiro atoms. The van der Waals surface area contributed by atoms with Crippen LogP contribution >= 0.6 is 0 Å². The second-order valence-corrected chi connectivity index (χ2v) is 4.11. The van der Waals surface area contributed by atoms with Gasteiger partial charge in [0, 0.05) is 11.6 Å². The van der Waals surface area contributed by atoms with E-state index in [0.29, 0.717) is 22.7 Å². The molecule has 4 nitrogen and oxygen atoms in total. The Kier molecular flexibility index (Phi) is 2.90. The number of hydrogen-bond acceptors (Lipinski definition) is 3. The van der Waals surface area contributed by atoms with E-state index in [-0.39, 0.29) is 5.69 Å². The van der Waals surface area contributed by atoms with Crippen LogP contribution in [0.5, 0.6) is 0 Å². The number of benzene rings is 2. The fraction of sp³-hybridized carbons (Fsp3) is 0. The Hall–Kier alpha value is -2.76. The molecule has 0 radical (unpaired) electrons. The highest BCUT2D eigenvalue weighted by Crippen LogP contribution is 2.18. The number of oxazole rings is 1. The van der Waals surface area contributed by atoms with E-state index in [4.69, 9.17) is 4.42 Å². The Bertz CT molecular complexity index is 799. The Labute approximate surface area is 112 Å². The van der Waals surface area contributed by atoms with E-state index in [9.17, 15) is 13.6 Å². The lowest BCUT2D eigenvalue weighted by molar-refractivity contribution is 0.102. The monoisotopic (exact) mass is 274 g/mol. The second kappa shape index (κ2) is 4.73. The van der Waals surface area contributed by atoms with Crippen LogP contribution in [0.2, 0.25) is 0 Å². The van der Waals surface area contributed by atoms with Gasteiger partial charge in [-0.05, 0) is 30.3 Å². The molecule has 0 aliphatic rings. The average Bonchev–Trinajstić information content (AvgIpc) is 2.89. The van der Waals surface area contributed by atoms with Gasteiger partial charge in [0.2, 0.25) is 0 Å². The van der Waals surface area contributed by atoms with Crippen molar-refractivity contribution >= 4 is 22.7 Å². The van der Waals surface area contributed by atoms with Crippen molar-refractivity contribution in [2.24, 2.45) is 0 Å². The van der Waals surface area contributed by atoms with Crippen molar-refractivity contribution in [3.05, 3.63) is 60.0 Å². The number of aromatic nitrogens is 1. The van der Waals surface area contributed by atoms with E-state index in [1.54, 1.807) is 6.07 Å². The molecular formula is C14H8F2N2O2. The number of anilines is 1. The van der Waals surface area contributed by atoms with Crippen LogP contribution in [0.15, 0.2) is 47.2 Å². The minimum Gasteiger partial charge on any atom is -0.443 e. The first-order valence-corrected chi connectivity index (χ1v) is 5.73. The van der Waals surface area contributed by atoms with Crippen molar-refractivity contribution in [2.75, 3.05) is 5.32 Å². The van der Waals surface area contributed by atoms with Gasteiger partial charge in [-0.15, -0.1) is 0 Å². The summed E-state index contributed by atoms with van der Waals surface area (Å²) in [6, 6.07) is 7.59. The highest BCUT2D eigenvalue weighted by Gasteiger charge is 2.11. The van der Waals surface area contributed by atoms with E-state index < -0.39 is 17.5 Å². The molecule has 0 bridgehead atoms. The largest absolute Gasteiger partial charge is 0.443 e. The third-order valence-electron chi connectivity index (χ3n) is 2.77. The smallest absolute Gasteiger partial charge is 0.255 e. The maximum absolute atomic E-state index is 13.4. The minimum absolute atomic E-state index is 0.0864. The number of carbonyl (C=O) groups excluding carboxylic acids is 1. The van der Waals surface area contributed by atoms with Crippen LogP contribution in [0.1, 0.15) is 10.4 Å². The molecule has 1 heterocycles. The summed E-state index contributed by atoms with van der Waals surface area (Å²) in [5, 5.41) is 2.37. The Morgan fingerprint density at radius 1 is 1.15 bits per heavy atom. The molecule has 3 rings (SSSR count). The Balaban J connectivity index is 1.88. The molecule has 0 atom stereocenters. The van der Waals surface area contributed by atoms with Gasteiger partial charge in [-0.25, -0.2) is 13.8 Å². The quantitative estimate of drug-likeness (QED) is 0.779. The summed E-state index contributed by atoms with van der Waals surface area (Å²) in [5.74, 6) is -2.05. The third-order valence-corrected chi connectivity index (χ3v) is 2.77. The van der Waals surface area contributed by atoms with Crippen LogP contribution in [0.3, 0.4) is 0 Å². The van der Waals surface area contributed by atoms with Crippen molar-refractivity contribution < 1.29 is 18.0 Å². The maximum atomic E-state index is 13.4. The third kappa shape index (κ3) is 2.23. The molecule has 2 aromatic carbocycles. The van der Waals surface area contributed by atoms with Crippen molar-refractivity contribution in [2.45, 2.75) is 0 Å². The number of amides is 1. The molecule has 0 aliphatic carbocycles. The summed E-state index contributed by atoms with van der Waals surface area (Å²) >= 11 is 0. The zero-order valence-corrected chi connectivity index (χ0v) is 10.1. The molecule has 0 unspecified atom stereocenters. The predicted octanol–water partition coefficient (Wildman–Crippen LogP) is 3.36. The van der Waals surface area contributed by atoms with Gasteiger partial charge in [-0.1, -0.05) is 0 Å². The number of fused-ring (bicyclic) bond motifs is 1. The van der Waals surface area contributed by atoms with Gasteiger partial charge in [0.1, 0.15) is 17.2 Å². The summed E-state index contributed by atoms with van der Waals surface area (Å²) in [6.07, 6.45) is 1.27. The number of rotatable bonds is 2. The lowest BCUT2D eigenvalue weighted by Crippen LogP contribution is -2.13. The summed E-state index contributed by atoms with van der Waals surface area (Å²) in [7, 11) is 0. The van der Waals surface area contributed by atoms with Crippen LogP contribution in [0.25, 0.3) is 11.1 Å². The molecule has 3 aromatic rings. The Morgan fingerprint density at radius 2 is 2.00 bits per heavy atom. The minimum atomic E-state index is -0.833. The van der Waals surface area contributed by atoms with Gasteiger partial charge in [0.05, 0.1) is 5.69 Å². The van der Waals surface area contributed by atoms with Crippen LogP contribution in [-0.2, 0) is 0 Å². The standard InChI is InChI=1S/C14H8F2N2O2/c15-9-2-3-11(10(16)6-9)18-14(19)8-1-4-13-12(5-8)17-7-20-13/h1-7H,(H,18,19). The molecule has 0 fully saturated rings. The van der Waals surface area contributed by atoms with Crippen molar-refractivity contribution in [1.82, 2.24) is 4.98 Å². The zero-order chi connectivity index (χ0) is 14.1. The van der Waals surface area contributed by atoms with Gasteiger partial charge in [0.15, 0.2) is 12.0 Å². The first-order valence-electron chi connectivity index (χ1n) is 5.73. The molecule has 0 aliphatic heterocycles. The lowest BCUT2D eigenvalue weighted by Gasteiger charge is -2.06. The highest BCUT2D eigenvalue weighted by atomic mass is 19.1. The summed E-state index contributed by atoms with van der Waals surface area (Å²) in [5.41, 5.74) is 1.29. The molecule has 6 heteroatoms. The molecule has 100 valence electrons. The number of nitrogens with one attached hydrogen (secondary N) is 1. The molecule has 20 heavy (non-hydrogen) atoms. The average molecular weight is 274 g/mol. The number of hydrogen-bond donors (Lipinski definition) is 1. The number of carbonyl (C=O) groups is 1. The van der Waals surface area contributed by atoms with Crippen molar-refractivity contribution in [3.8, 4) is 0 Å². The fourth-order valence-electron chi connectivity index (χ4n) is 1.78. The number of halogens is 2. The SMILES string of the molecule is O=C(Nc1ccc(F)cc1F)c1ccc2ocnc2c1. The highest BCUT2D eigenvalue weighted by molar-refractivity contribution is 6.05. The van der Waals surface area contributed by atoms with E-state index in [2.05, 4.69) is 10.3 Å². The summed E-state index contributed by atoms with van der Waals surface area (Å²) in [6.45, 7) is 0. The van der Waals surface area contributed by atoms with Gasteiger partial charge in [-0.2, -0.15) is 0 Å². The van der Waals surface area contributed by atoms with Crippen molar-refractivity contribution in [1.29, 1.82) is 0 Å². The first kappa shape index (κ1) is 12.3. The molecular weight excluding hydrogens is 266 g/mol. The fourth-order valence-corrected chi connectivity index (χ4v) is 1.78. The lowest BCUT2D eigenvalue weighted by atomic mass is 10.2. The molecule has 1 amide bonds. The first-order chi connectivity index (χ1) is 9.63. The van der Waals surface area contributed by atoms with Crippen LogP contribution < -0.4 is 5.32 Å². The molecule has 0 saturated carbocycles. The van der Waals surface area contributed by atoms with Gasteiger partial charge < -0.3 is 9.73 Å². The van der Waals surface area contributed by atoms with E-state index >= 15 is 0 Å². The Morgan fingerprint density at radius 3 is 2.80 bits per heavy atom. The predicted molar refractivity (Wildman–Crippen MR) is 68.3 cm³/mol. The zero-order valence-electron chi connectivity index (χ0n) is 10.1. The molecule has 1 N–H and O–H groups in total. The van der Waals surface area contributed by atoms with Gasteiger partial charge in [-0.3, -0.25) is 4.79 Å². The van der Waals surface area contributed by atoms with E-state index in [1.807, 2.05) is 0 Å². The normalized spacial score (nSPS) is 10.7. The maximum Gasteiger partial charge on any atom is 0.255 e. The van der Waals surface area contributed by atoms with E-state index in [1.165, 1.54) is 18.5 Å². The topological polar surface area (TPSA) is 55.1 Å². The second-order valence-electron chi connectivity index (χ2n) is 4.11. The van der Waals surface area contributed by atoms with Crippen LogP contribution in [0.4, 0.5) is 14.5 Å². The van der Waals surface area contributed by atoms with E-state index in [0.717, 1.165) is 12.1 Å². The molecule has 1 aromatic heterocycles. The van der Waals surface area contributed by atoms with Crippen LogP contribution in [-0.4, -0.2) is 10.9 Å². The van der Waals surface area contributed by atoms with Gasteiger partial charge >= 0.3 is 0 Å². The summed E-state index contributed by atoms with van der Waals surface area (Å²) < 4.78 is 31.3. The number of nitrogens with zero attached hydrogens (tertiary/aromatic N) is 1. The summed E-state index contributed by atoms with van der Waals surface area (Å²) in [4.78, 5) is 15.9.